The molecule has 0 aliphatic carbocycles. The van der Waals surface area contributed by atoms with Gasteiger partial charge in [0.15, 0.2) is 0 Å². The Morgan fingerprint density at radius 2 is 1.91 bits per heavy atom. The van der Waals surface area contributed by atoms with Crippen LogP contribution < -0.4 is 4.74 Å². The summed E-state index contributed by atoms with van der Waals surface area (Å²) in [5.74, 6) is 1.53. The van der Waals surface area contributed by atoms with Gasteiger partial charge in [-0.25, -0.2) is 4.79 Å². The van der Waals surface area contributed by atoms with Crippen LogP contribution in [-0.2, 0) is 11.3 Å². The number of amides is 1. The fourth-order valence-corrected chi connectivity index (χ4v) is 2.71. The van der Waals surface area contributed by atoms with Crippen LogP contribution in [0, 0.1) is 0 Å². The first-order valence-electron chi connectivity index (χ1n) is 7.22. The van der Waals surface area contributed by atoms with Gasteiger partial charge in [0.25, 0.3) is 0 Å². The van der Waals surface area contributed by atoms with E-state index in [9.17, 15) is 4.79 Å². The topological polar surface area (TPSA) is 59.0 Å². The normalized spacial score (nSPS) is 14.4. The number of halogens is 1. The van der Waals surface area contributed by atoms with Gasteiger partial charge in [-0.05, 0) is 29.8 Å². The van der Waals surface area contributed by atoms with Gasteiger partial charge in [0.1, 0.15) is 11.5 Å². The van der Waals surface area contributed by atoms with Crippen molar-refractivity contribution in [1.82, 2.24) is 4.90 Å². The smallest absolute Gasteiger partial charge is 0.407 e. The average Bonchev–Trinajstić information content (AvgIpc) is 2.48. The molecule has 1 N–H and O–H groups in total. The van der Waals surface area contributed by atoms with Crippen molar-refractivity contribution in [2.75, 3.05) is 13.1 Å². The number of para-hydroxylation sites is 1. The predicted molar refractivity (Wildman–Crippen MR) is 88.8 cm³/mol. The van der Waals surface area contributed by atoms with E-state index in [2.05, 4.69) is 15.9 Å². The Hall–Kier alpha value is -2.05. The summed E-state index contributed by atoms with van der Waals surface area (Å²) in [6, 6.07) is 15.3. The Labute approximate surface area is 142 Å². The number of carbonyl (C=O) groups is 1. The number of carboxylic acid groups (broad SMARTS) is 1. The van der Waals surface area contributed by atoms with Crippen LogP contribution in [-0.4, -0.2) is 35.3 Å². The zero-order valence-electron chi connectivity index (χ0n) is 12.3. The Morgan fingerprint density at radius 1 is 1.17 bits per heavy atom. The number of benzene rings is 2. The fraction of sp³-hybridized carbons (Fsp3) is 0.235. The first-order chi connectivity index (χ1) is 11.1. The number of rotatable bonds is 5. The van der Waals surface area contributed by atoms with Crippen molar-refractivity contribution in [3.05, 3.63) is 58.6 Å². The summed E-state index contributed by atoms with van der Waals surface area (Å²) in [4.78, 5) is 12.0. The van der Waals surface area contributed by atoms with Crippen molar-refractivity contribution in [3.8, 4) is 11.5 Å². The van der Waals surface area contributed by atoms with Crippen molar-refractivity contribution in [2.45, 2.75) is 12.7 Å². The number of ether oxygens (including phenoxy) is 2. The maximum atomic E-state index is 10.7. The van der Waals surface area contributed by atoms with E-state index < -0.39 is 6.09 Å². The molecule has 0 radical (unpaired) electrons. The molecule has 1 heterocycles. The molecule has 0 bridgehead atoms. The standard InChI is InChI=1S/C17H16BrNO4/c18-16-8-14(23-13-4-2-1-3-5-13)7-6-12(16)11-22-15-9-19(10-15)17(20)21/h1-8,15H,9-11H2,(H,20,21). The van der Waals surface area contributed by atoms with Crippen molar-refractivity contribution in [2.24, 2.45) is 0 Å². The molecule has 1 saturated heterocycles. The summed E-state index contributed by atoms with van der Waals surface area (Å²) in [5, 5.41) is 8.78. The molecule has 1 fully saturated rings. The zero-order valence-corrected chi connectivity index (χ0v) is 13.9. The summed E-state index contributed by atoms with van der Waals surface area (Å²) in [5.41, 5.74) is 0.999. The molecular formula is C17H16BrNO4. The SMILES string of the molecule is O=C(O)N1CC(OCc2ccc(Oc3ccccc3)cc2Br)C1. The molecule has 2 aromatic rings. The minimum absolute atomic E-state index is 0.0294. The molecule has 6 heteroatoms. The van der Waals surface area contributed by atoms with E-state index in [0.717, 1.165) is 21.5 Å². The van der Waals surface area contributed by atoms with E-state index >= 15 is 0 Å². The Balaban J connectivity index is 1.54. The lowest BCUT2D eigenvalue weighted by atomic mass is 10.2. The molecular weight excluding hydrogens is 362 g/mol. The van der Waals surface area contributed by atoms with E-state index in [0.29, 0.717) is 19.7 Å². The molecule has 1 aliphatic heterocycles. The quantitative estimate of drug-likeness (QED) is 0.851. The lowest BCUT2D eigenvalue weighted by molar-refractivity contribution is -0.0524. The highest BCUT2D eigenvalue weighted by Crippen LogP contribution is 2.28. The minimum Gasteiger partial charge on any atom is -0.465 e. The summed E-state index contributed by atoms with van der Waals surface area (Å²) in [6.45, 7) is 1.30. The van der Waals surface area contributed by atoms with Crippen LogP contribution in [0.3, 0.4) is 0 Å². The molecule has 120 valence electrons. The molecule has 0 saturated carbocycles. The maximum absolute atomic E-state index is 10.7. The van der Waals surface area contributed by atoms with Gasteiger partial charge in [0, 0.05) is 4.47 Å². The second kappa shape index (κ2) is 7.02. The summed E-state index contributed by atoms with van der Waals surface area (Å²) in [6.07, 6.45) is -0.924. The third-order valence-corrected chi connectivity index (χ3v) is 4.33. The molecule has 0 unspecified atom stereocenters. The Morgan fingerprint density at radius 3 is 2.57 bits per heavy atom. The van der Waals surface area contributed by atoms with Gasteiger partial charge in [0.05, 0.1) is 25.8 Å². The third kappa shape index (κ3) is 4.03. The summed E-state index contributed by atoms with van der Waals surface area (Å²) >= 11 is 3.52. The second-order valence-corrected chi connectivity index (χ2v) is 6.14. The Kier molecular flexibility index (Phi) is 4.83. The van der Waals surface area contributed by atoms with Crippen LogP contribution in [0.4, 0.5) is 4.79 Å². The van der Waals surface area contributed by atoms with E-state index in [1.807, 2.05) is 48.5 Å². The van der Waals surface area contributed by atoms with E-state index in [1.165, 1.54) is 4.90 Å². The van der Waals surface area contributed by atoms with Crippen LogP contribution in [0.2, 0.25) is 0 Å². The first-order valence-corrected chi connectivity index (χ1v) is 8.02. The molecule has 1 amide bonds. The van der Waals surface area contributed by atoms with Crippen molar-refractivity contribution < 1.29 is 19.4 Å². The van der Waals surface area contributed by atoms with Gasteiger partial charge < -0.3 is 19.5 Å². The lowest BCUT2D eigenvalue weighted by Crippen LogP contribution is -2.54. The van der Waals surface area contributed by atoms with Gasteiger partial charge in [0.2, 0.25) is 0 Å². The van der Waals surface area contributed by atoms with Gasteiger partial charge in [-0.2, -0.15) is 0 Å². The first kappa shape index (κ1) is 15.8. The Bertz CT molecular complexity index is 686. The van der Waals surface area contributed by atoms with Gasteiger partial charge >= 0.3 is 6.09 Å². The monoisotopic (exact) mass is 377 g/mol. The highest BCUT2D eigenvalue weighted by molar-refractivity contribution is 9.10. The van der Waals surface area contributed by atoms with E-state index in [-0.39, 0.29) is 6.10 Å². The second-order valence-electron chi connectivity index (χ2n) is 5.29. The molecule has 0 aromatic heterocycles. The van der Waals surface area contributed by atoms with Crippen LogP contribution in [0.5, 0.6) is 11.5 Å². The largest absolute Gasteiger partial charge is 0.465 e. The van der Waals surface area contributed by atoms with Crippen molar-refractivity contribution >= 4 is 22.0 Å². The minimum atomic E-state index is -0.895. The van der Waals surface area contributed by atoms with Crippen LogP contribution in [0.1, 0.15) is 5.56 Å². The molecule has 0 atom stereocenters. The van der Waals surface area contributed by atoms with Gasteiger partial charge in [-0.1, -0.05) is 40.2 Å². The highest BCUT2D eigenvalue weighted by Gasteiger charge is 2.31. The van der Waals surface area contributed by atoms with Crippen molar-refractivity contribution in [1.29, 1.82) is 0 Å². The number of likely N-dealkylation sites (tertiary alicyclic amines) is 1. The maximum Gasteiger partial charge on any atom is 0.407 e. The van der Waals surface area contributed by atoms with Crippen molar-refractivity contribution in [3.63, 3.8) is 0 Å². The average molecular weight is 378 g/mol. The lowest BCUT2D eigenvalue weighted by Gasteiger charge is -2.36. The molecule has 3 rings (SSSR count). The van der Waals surface area contributed by atoms with E-state index in [4.69, 9.17) is 14.6 Å². The molecule has 1 aliphatic rings. The fourth-order valence-electron chi connectivity index (χ4n) is 2.24. The highest BCUT2D eigenvalue weighted by atomic mass is 79.9. The number of hydrogen-bond acceptors (Lipinski definition) is 3. The van der Waals surface area contributed by atoms with Crippen LogP contribution in [0.25, 0.3) is 0 Å². The summed E-state index contributed by atoms with van der Waals surface area (Å²) < 4.78 is 12.4. The van der Waals surface area contributed by atoms with Crippen LogP contribution >= 0.6 is 15.9 Å². The predicted octanol–water partition coefficient (Wildman–Crippen LogP) is 4.12. The van der Waals surface area contributed by atoms with Crippen LogP contribution in [0.15, 0.2) is 53.0 Å². The molecule has 5 nitrogen and oxygen atoms in total. The molecule has 0 spiro atoms. The van der Waals surface area contributed by atoms with Gasteiger partial charge in [-0.3, -0.25) is 0 Å². The molecule has 23 heavy (non-hydrogen) atoms. The number of hydrogen-bond donors (Lipinski definition) is 1. The van der Waals surface area contributed by atoms with Gasteiger partial charge in [-0.15, -0.1) is 0 Å². The van der Waals surface area contributed by atoms with E-state index in [1.54, 1.807) is 0 Å². The zero-order chi connectivity index (χ0) is 16.2. The summed E-state index contributed by atoms with van der Waals surface area (Å²) in [7, 11) is 0. The third-order valence-electron chi connectivity index (χ3n) is 3.60. The molecule has 2 aromatic carbocycles. The number of nitrogens with zero attached hydrogens (tertiary/aromatic N) is 1.